The molecule has 2 rings (SSSR count). The highest BCUT2D eigenvalue weighted by molar-refractivity contribution is 9.10. The molecule has 0 amide bonds. The van der Waals surface area contributed by atoms with E-state index in [-0.39, 0.29) is 6.42 Å². The lowest BCUT2D eigenvalue weighted by molar-refractivity contribution is -0.136. The molecule has 0 aliphatic rings. The van der Waals surface area contributed by atoms with Crippen molar-refractivity contribution in [2.75, 3.05) is 0 Å². The number of aliphatic carboxylic acids is 1. The first-order chi connectivity index (χ1) is 8.49. The fraction of sp³-hybridized carbons (Fsp3) is 0.167. The number of carbonyl (C=O) groups is 1. The summed E-state index contributed by atoms with van der Waals surface area (Å²) in [7, 11) is 1.78. The average Bonchev–Trinajstić information content (AvgIpc) is 2.56. The first kappa shape index (κ1) is 13.1. The molecule has 1 N–H and O–H groups in total. The molecule has 4 nitrogen and oxygen atoms in total. The van der Waals surface area contributed by atoms with E-state index in [4.69, 9.17) is 16.7 Å². The number of hydrogen-bond donors (Lipinski definition) is 1. The number of aromatic nitrogens is 2. The van der Waals surface area contributed by atoms with Gasteiger partial charge in [0.2, 0.25) is 0 Å². The predicted molar refractivity (Wildman–Crippen MR) is 72.7 cm³/mol. The van der Waals surface area contributed by atoms with Crippen LogP contribution in [0, 0.1) is 0 Å². The van der Waals surface area contributed by atoms with Crippen LogP contribution in [0.4, 0.5) is 0 Å². The summed E-state index contributed by atoms with van der Waals surface area (Å²) >= 11 is 9.22. The fourth-order valence-corrected chi connectivity index (χ4v) is 2.48. The zero-order valence-electron chi connectivity index (χ0n) is 9.52. The summed E-state index contributed by atoms with van der Waals surface area (Å²) in [6.07, 6.45) is -0.0787. The third-order valence-corrected chi connectivity index (χ3v) is 3.44. The maximum absolute atomic E-state index is 10.8. The second-order valence-electron chi connectivity index (χ2n) is 3.81. The molecule has 0 saturated heterocycles. The highest BCUT2D eigenvalue weighted by atomic mass is 79.9. The maximum atomic E-state index is 10.8. The number of rotatable bonds is 3. The van der Waals surface area contributed by atoms with Crippen molar-refractivity contribution in [3.63, 3.8) is 0 Å². The number of carboxylic acids is 1. The van der Waals surface area contributed by atoms with Crippen molar-refractivity contribution in [3.8, 4) is 11.4 Å². The summed E-state index contributed by atoms with van der Waals surface area (Å²) in [6, 6.07) is 7.28. The van der Waals surface area contributed by atoms with Gasteiger partial charge in [-0.3, -0.25) is 4.79 Å². The molecule has 0 aliphatic carbocycles. The quantitative estimate of drug-likeness (QED) is 0.941. The molecule has 0 atom stereocenters. The van der Waals surface area contributed by atoms with E-state index in [1.807, 2.05) is 12.1 Å². The van der Waals surface area contributed by atoms with E-state index in [1.54, 1.807) is 23.7 Å². The fourth-order valence-electron chi connectivity index (χ4n) is 1.72. The van der Waals surface area contributed by atoms with Gasteiger partial charge in [-0.05, 0) is 28.1 Å². The minimum Gasteiger partial charge on any atom is -0.481 e. The molecular formula is C12H10BrClN2O2. The normalized spacial score (nSPS) is 10.6. The largest absolute Gasteiger partial charge is 0.481 e. The molecule has 94 valence electrons. The first-order valence-corrected chi connectivity index (χ1v) is 6.35. The Morgan fingerprint density at radius 1 is 1.56 bits per heavy atom. The SMILES string of the molecule is Cn1c(-c2cccc(Cl)c2)nc(Br)c1CC(=O)O. The first-order valence-electron chi connectivity index (χ1n) is 5.18. The van der Waals surface area contributed by atoms with Crippen molar-refractivity contribution < 1.29 is 9.90 Å². The minimum atomic E-state index is -0.892. The predicted octanol–water partition coefficient (Wildman–Crippen LogP) is 3.13. The van der Waals surface area contributed by atoms with E-state index in [1.165, 1.54) is 0 Å². The number of benzene rings is 1. The molecule has 0 radical (unpaired) electrons. The van der Waals surface area contributed by atoms with Gasteiger partial charge >= 0.3 is 5.97 Å². The molecule has 1 aromatic heterocycles. The highest BCUT2D eigenvalue weighted by Crippen LogP contribution is 2.26. The smallest absolute Gasteiger partial charge is 0.309 e. The van der Waals surface area contributed by atoms with E-state index < -0.39 is 5.97 Å². The zero-order valence-corrected chi connectivity index (χ0v) is 11.9. The number of halogens is 2. The van der Waals surface area contributed by atoms with Crippen LogP contribution in [-0.4, -0.2) is 20.6 Å². The van der Waals surface area contributed by atoms with Gasteiger partial charge in [0.25, 0.3) is 0 Å². The Bertz CT molecular complexity index is 610. The number of carboxylic acid groups (broad SMARTS) is 1. The Labute approximate surface area is 117 Å². The highest BCUT2D eigenvalue weighted by Gasteiger charge is 2.16. The molecule has 0 aliphatic heterocycles. The van der Waals surface area contributed by atoms with Gasteiger partial charge in [0.05, 0.1) is 12.1 Å². The summed E-state index contributed by atoms with van der Waals surface area (Å²) in [4.78, 5) is 15.1. The average molecular weight is 330 g/mol. The Hall–Kier alpha value is -1.33. The van der Waals surface area contributed by atoms with Gasteiger partial charge in [0, 0.05) is 17.6 Å². The molecule has 2 aromatic rings. The lowest BCUT2D eigenvalue weighted by Gasteiger charge is -2.04. The molecule has 6 heteroatoms. The van der Waals surface area contributed by atoms with Crippen LogP contribution in [0.3, 0.4) is 0 Å². The molecule has 0 fully saturated rings. The third kappa shape index (κ3) is 2.57. The van der Waals surface area contributed by atoms with E-state index in [9.17, 15) is 4.79 Å². The van der Waals surface area contributed by atoms with Crippen LogP contribution >= 0.6 is 27.5 Å². The van der Waals surface area contributed by atoms with Gasteiger partial charge in [-0.25, -0.2) is 4.98 Å². The Morgan fingerprint density at radius 2 is 2.28 bits per heavy atom. The lowest BCUT2D eigenvalue weighted by atomic mass is 10.2. The monoisotopic (exact) mass is 328 g/mol. The molecule has 0 saturated carbocycles. The van der Waals surface area contributed by atoms with Crippen molar-refractivity contribution in [1.82, 2.24) is 9.55 Å². The summed E-state index contributed by atoms with van der Waals surface area (Å²) < 4.78 is 2.30. The number of hydrogen-bond acceptors (Lipinski definition) is 2. The standard InChI is InChI=1S/C12H10BrClN2O2/c1-16-9(6-10(17)18)11(13)15-12(16)7-3-2-4-8(14)5-7/h2-5H,6H2,1H3,(H,17,18). The molecule has 0 spiro atoms. The van der Waals surface area contributed by atoms with Crippen molar-refractivity contribution in [3.05, 3.63) is 39.6 Å². The number of nitrogens with zero attached hydrogens (tertiary/aromatic N) is 2. The molecular weight excluding hydrogens is 320 g/mol. The molecule has 0 unspecified atom stereocenters. The van der Waals surface area contributed by atoms with Crippen LogP contribution < -0.4 is 0 Å². The molecule has 1 heterocycles. The topological polar surface area (TPSA) is 55.1 Å². The van der Waals surface area contributed by atoms with Crippen molar-refractivity contribution in [1.29, 1.82) is 0 Å². The van der Waals surface area contributed by atoms with Gasteiger partial charge in [-0.1, -0.05) is 23.7 Å². The van der Waals surface area contributed by atoms with Gasteiger partial charge in [0.1, 0.15) is 10.4 Å². The van der Waals surface area contributed by atoms with Gasteiger partial charge in [-0.2, -0.15) is 0 Å². The van der Waals surface area contributed by atoms with Crippen LogP contribution in [0.2, 0.25) is 5.02 Å². The second kappa shape index (κ2) is 5.12. The number of imidazole rings is 1. The van der Waals surface area contributed by atoms with Crippen LogP contribution in [-0.2, 0) is 18.3 Å². The van der Waals surface area contributed by atoms with Crippen LogP contribution in [0.5, 0.6) is 0 Å². The van der Waals surface area contributed by atoms with Crippen LogP contribution in [0.1, 0.15) is 5.69 Å². The van der Waals surface area contributed by atoms with E-state index >= 15 is 0 Å². The molecule has 0 bridgehead atoms. The van der Waals surface area contributed by atoms with E-state index in [2.05, 4.69) is 20.9 Å². The van der Waals surface area contributed by atoms with E-state index in [0.29, 0.717) is 21.1 Å². The van der Waals surface area contributed by atoms with Crippen molar-refractivity contribution in [2.24, 2.45) is 7.05 Å². The Balaban J connectivity index is 2.50. The minimum absolute atomic E-state index is 0.0787. The summed E-state index contributed by atoms with van der Waals surface area (Å²) in [5.41, 5.74) is 1.47. The molecule has 1 aromatic carbocycles. The van der Waals surface area contributed by atoms with Gasteiger partial charge in [-0.15, -0.1) is 0 Å². The summed E-state index contributed by atoms with van der Waals surface area (Å²) in [5, 5.41) is 9.47. The maximum Gasteiger partial charge on any atom is 0.309 e. The second-order valence-corrected chi connectivity index (χ2v) is 5.00. The summed E-state index contributed by atoms with van der Waals surface area (Å²) in [6.45, 7) is 0. The Kier molecular flexibility index (Phi) is 3.73. The lowest BCUT2D eigenvalue weighted by Crippen LogP contribution is -2.06. The molecule has 18 heavy (non-hydrogen) atoms. The van der Waals surface area contributed by atoms with Crippen LogP contribution in [0.25, 0.3) is 11.4 Å². The van der Waals surface area contributed by atoms with Crippen molar-refractivity contribution >= 4 is 33.5 Å². The van der Waals surface area contributed by atoms with Gasteiger partial charge in [0.15, 0.2) is 0 Å². The summed E-state index contributed by atoms with van der Waals surface area (Å²) in [5.74, 6) is -0.211. The zero-order chi connectivity index (χ0) is 13.3. The van der Waals surface area contributed by atoms with Gasteiger partial charge < -0.3 is 9.67 Å². The van der Waals surface area contributed by atoms with E-state index in [0.717, 1.165) is 5.56 Å². The van der Waals surface area contributed by atoms with Crippen LogP contribution in [0.15, 0.2) is 28.9 Å². The Morgan fingerprint density at radius 3 is 2.89 bits per heavy atom. The third-order valence-electron chi connectivity index (χ3n) is 2.57. The van der Waals surface area contributed by atoms with Crippen molar-refractivity contribution in [2.45, 2.75) is 6.42 Å².